The fourth-order valence-electron chi connectivity index (χ4n) is 1.32. The van der Waals surface area contributed by atoms with Crippen LogP contribution in [0.5, 0.6) is 0 Å². The third-order valence-corrected chi connectivity index (χ3v) is 2.75. The molecule has 0 spiro atoms. The van der Waals surface area contributed by atoms with Crippen LogP contribution in [0, 0.1) is 11.6 Å². The third-order valence-electron chi connectivity index (χ3n) is 1.99. The molecule has 0 radical (unpaired) electrons. The Kier molecular flexibility index (Phi) is 3.01. The zero-order valence-corrected chi connectivity index (χ0v) is 9.12. The predicted molar refractivity (Wildman–Crippen MR) is 58.6 cm³/mol. The second-order valence-electron chi connectivity index (χ2n) is 3.03. The van der Waals surface area contributed by atoms with Crippen LogP contribution < -0.4 is 4.90 Å². The van der Waals surface area contributed by atoms with Crippen molar-refractivity contribution in [2.45, 2.75) is 0 Å². The number of para-hydroxylation sites is 1. The molecule has 0 bridgehead atoms. The van der Waals surface area contributed by atoms with Crippen molar-refractivity contribution < 1.29 is 18.7 Å². The summed E-state index contributed by atoms with van der Waals surface area (Å²) in [5, 5.41) is 9.15. The Hall–Kier alpha value is -2.02. The molecule has 0 saturated carbocycles. The first kappa shape index (κ1) is 11.5. The highest BCUT2D eigenvalue weighted by molar-refractivity contribution is 7.14. The number of carbonyl (C=O) groups is 1. The summed E-state index contributed by atoms with van der Waals surface area (Å²) in [6.07, 6.45) is -0.247. The van der Waals surface area contributed by atoms with Gasteiger partial charge in [-0.1, -0.05) is 6.07 Å². The van der Waals surface area contributed by atoms with Crippen molar-refractivity contribution in [1.82, 2.24) is 4.98 Å². The average molecular weight is 256 g/mol. The summed E-state index contributed by atoms with van der Waals surface area (Å²) in [6.45, 7) is 0. The van der Waals surface area contributed by atoms with Gasteiger partial charge >= 0.3 is 6.09 Å². The monoisotopic (exact) mass is 256 g/mol. The van der Waals surface area contributed by atoms with Gasteiger partial charge in [-0.2, -0.15) is 0 Å². The lowest BCUT2D eigenvalue weighted by Gasteiger charge is -2.17. The Labute approximate surface area is 98.8 Å². The number of thiazole rings is 1. The normalized spacial score (nSPS) is 10.2. The van der Waals surface area contributed by atoms with E-state index in [0.29, 0.717) is 4.90 Å². The maximum absolute atomic E-state index is 13.5. The molecule has 2 rings (SSSR count). The maximum atomic E-state index is 13.5. The minimum absolute atomic E-state index is 0.126. The maximum Gasteiger partial charge on any atom is 0.417 e. The number of hydrogen-bond acceptors (Lipinski definition) is 3. The van der Waals surface area contributed by atoms with Gasteiger partial charge in [0.2, 0.25) is 0 Å². The second-order valence-corrected chi connectivity index (χ2v) is 3.89. The molecule has 1 amide bonds. The molecule has 0 unspecified atom stereocenters. The van der Waals surface area contributed by atoms with E-state index in [1.54, 1.807) is 0 Å². The number of halogens is 2. The fourth-order valence-corrected chi connectivity index (χ4v) is 1.95. The number of amides is 1. The molecule has 1 heterocycles. The molecular formula is C10H6F2N2O2S. The van der Waals surface area contributed by atoms with Crippen LogP contribution in [-0.2, 0) is 0 Å². The van der Waals surface area contributed by atoms with Gasteiger partial charge in [0.15, 0.2) is 0 Å². The largest absolute Gasteiger partial charge is 0.464 e. The number of carboxylic acid groups (broad SMARTS) is 1. The summed E-state index contributed by atoms with van der Waals surface area (Å²) < 4.78 is 27.0. The number of nitrogens with zero attached hydrogens (tertiary/aromatic N) is 2. The van der Waals surface area contributed by atoms with Gasteiger partial charge < -0.3 is 5.11 Å². The minimum Gasteiger partial charge on any atom is -0.464 e. The molecule has 1 aromatic carbocycles. The number of anilines is 2. The highest BCUT2D eigenvalue weighted by Gasteiger charge is 2.25. The highest BCUT2D eigenvalue weighted by atomic mass is 32.1. The summed E-state index contributed by atoms with van der Waals surface area (Å²) in [6, 6.07) is 3.16. The Balaban J connectivity index is 2.58. The lowest BCUT2D eigenvalue weighted by molar-refractivity contribution is 0.204. The summed E-state index contributed by atoms with van der Waals surface area (Å²) in [7, 11) is 0. The first-order valence-corrected chi connectivity index (χ1v) is 5.35. The standard InChI is InChI=1S/C10H6F2N2O2S/c11-6-2-1-3-7(12)9(6)14(10(15)16)8-4-13-5-17-8/h1-5H,(H,15,16). The smallest absolute Gasteiger partial charge is 0.417 e. The lowest BCUT2D eigenvalue weighted by atomic mass is 10.2. The Morgan fingerprint density at radius 2 is 2.00 bits per heavy atom. The molecule has 7 heteroatoms. The van der Waals surface area contributed by atoms with Crippen LogP contribution in [0.2, 0.25) is 0 Å². The Morgan fingerprint density at radius 3 is 2.47 bits per heavy atom. The molecular weight excluding hydrogens is 250 g/mol. The molecule has 4 nitrogen and oxygen atoms in total. The molecule has 0 fully saturated rings. The zero-order valence-electron chi connectivity index (χ0n) is 8.30. The van der Waals surface area contributed by atoms with Gasteiger partial charge in [-0.05, 0) is 12.1 Å². The van der Waals surface area contributed by atoms with E-state index in [4.69, 9.17) is 5.11 Å². The zero-order chi connectivity index (χ0) is 12.4. The molecule has 1 N–H and O–H groups in total. The summed E-state index contributed by atoms with van der Waals surface area (Å²) in [4.78, 5) is 15.3. The van der Waals surface area contributed by atoms with E-state index in [9.17, 15) is 13.6 Å². The van der Waals surface area contributed by atoms with E-state index < -0.39 is 23.4 Å². The minimum atomic E-state index is -1.47. The van der Waals surface area contributed by atoms with Gasteiger partial charge in [-0.25, -0.2) is 18.5 Å². The van der Waals surface area contributed by atoms with Crippen molar-refractivity contribution in [3.63, 3.8) is 0 Å². The fraction of sp³-hybridized carbons (Fsp3) is 0. The van der Waals surface area contributed by atoms with Crippen molar-refractivity contribution >= 4 is 28.1 Å². The number of hydrogen-bond donors (Lipinski definition) is 1. The first-order valence-electron chi connectivity index (χ1n) is 4.47. The van der Waals surface area contributed by atoms with Gasteiger partial charge in [0.05, 0.1) is 11.7 Å². The van der Waals surface area contributed by atoms with E-state index in [1.807, 2.05) is 0 Å². The summed E-state index contributed by atoms with van der Waals surface area (Å²) >= 11 is 0.972. The molecule has 0 aliphatic heterocycles. The van der Waals surface area contributed by atoms with Crippen LogP contribution in [-0.4, -0.2) is 16.2 Å². The van der Waals surface area contributed by atoms with E-state index in [-0.39, 0.29) is 5.00 Å². The van der Waals surface area contributed by atoms with E-state index in [0.717, 1.165) is 23.5 Å². The van der Waals surface area contributed by atoms with Crippen molar-refractivity contribution in [3.8, 4) is 0 Å². The van der Waals surface area contributed by atoms with E-state index in [2.05, 4.69) is 4.98 Å². The van der Waals surface area contributed by atoms with Gasteiger partial charge in [0.25, 0.3) is 0 Å². The molecule has 88 valence electrons. The van der Waals surface area contributed by atoms with Crippen molar-refractivity contribution in [1.29, 1.82) is 0 Å². The van der Waals surface area contributed by atoms with Gasteiger partial charge in [0, 0.05) is 0 Å². The molecule has 0 aliphatic carbocycles. The van der Waals surface area contributed by atoms with Crippen LogP contribution in [0.3, 0.4) is 0 Å². The number of rotatable bonds is 2. The molecule has 0 atom stereocenters. The Bertz CT molecular complexity index is 525. The first-order chi connectivity index (χ1) is 8.11. The molecule has 2 aromatic rings. The average Bonchev–Trinajstić information content (AvgIpc) is 2.76. The Morgan fingerprint density at radius 1 is 1.35 bits per heavy atom. The predicted octanol–water partition coefficient (Wildman–Crippen LogP) is 3.24. The number of aromatic nitrogens is 1. The summed E-state index contributed by atoms with van der Waals surface area (Å²) in [5.74, 6) is -1.89. The van der Waals surface area contributed by atoms with E-state index >= 15 is 0 Å². The van der Waals surface area contributed by atoms with Crippen LogP contribution in [0.4, 0.5) is 24.3 Å². The lowest BCUT2D eigenvalue weighted by Crippen LogP contribution is -2.24. The highest BCUT2D eigenvalue weighted by Crippen LogP contribution is 2.32. The molecule has 1 aromatic heterocycles. The SMILES string of the molecule is O=C(O)N(c1cncs1)c1c(F)cccc1F. The third kappa shape index (κ3) is 2.09. The number of benzene rings is 1. The van der Waals surface area contributed by atoms with Crippen LogP contribution in [0.15, 0.2) is 29.9 Å². The van der Waals surface area contributed by atoms with E-state index in [1.165, 1.54) is 17.8 Å². The van der Waals surface area contributed by atoms with Crippen molar-refractivity contribution in [2.24, 2.45) is 0 Å². The van der Waals surface area contributed by atoms with Gasteiger partial charge in [-0.3, -0.25) is 4.98 Å². The van der Waals surface area contributed by atoms with Gasteiger partial charge in [-0.15, -0.1) is 11.3 Å². The second kappa shape index (κ2) is 4.46. The van der Waals surface area contributed by atoms with Crippen LogP contribution in [0.25, 0.3) is 0 Å². The molecule has 0 aliphatic rings. The van der Waals surface area contributed by atoms with Crippen molar-refractivity contribution in [3.05, 3.63) is 41.5 Å². The quantitative estimate of drug-likeness (QED) is 0.897. The van der Waals surface area contributed by atoms with Crippen LogP contribution in [0.1, 0.15) is 0 Å². The summed E-state index contributed by atoms with van der Waals surface area (Å²) in [5.41, 5.74) is 0.758. The van der Waals surface area contributed by atoms with Gasteiger partial charge in [0.1, 0.15) is 22.3 Å². The molecule has 17 heavy (non-hydrogen) atoms. The van der Waals surface area contributed by atoms with Crippen LogP contribution >= 0.6 is 11.3 Å². The van der Waals surface area contributed by atoms with Crippen molar-refractivity contribution in [2.75, 3.05) is 4.90 Å². The topological polar surface area (TPSA) is 53.4 Å². The molecule has 0 saturated heterocycles.